The van der Waals surface area contributed by atoms with Crippen LogP contribution in [0.4, 0.5) is 5.69 Å². The molecular weight excluding hydrogens is 364 g/mol. The zero-order chi connectivity index (χ0) is 20.8. The second-order valence-corrected chi connectivity index (χ2v) is 7.99. The Bertz CT molecular complexity index is 830. The first-order valence-electron chi connectivity index (χ1n) is 10.3. The Hall–Kier alpha value is -2.89. The van der Waals surface area contributed by atoms with Gasteiger partial charge in [-0.05, 0) is 43.0 Å². The lowest BCUT2D eigenvalue weighted by Gasteiger charge is -2.38. The maximum Gasteiger partial charge on any atom is 0.252 e. The molecule has 1 N–H and O–H groups in total. The molecule has 1 aromatic heterocycles. The Kier molecular flexibility index (Phi) is 6.86. The van der Waals surface area contributed by atoms with Gasteiger partial charge in [0.15, 0.2) is 0 Å². The third kappa shape index (κ3) is 5.34. The summed E-state index contributed by atoms with van der Waals surface area (Å²) in [6, 6.07) is 10.9. The number of hydrogen-bond donors (Lipinski definition) is 1. The number of piperazine rings is 1. The fraction of sp³-hybridized carbons (Fsp3) is 0.435. The molecule has 0 saturated carbocycles. The molecule has 2 amide bonds. The largest absolute Gasteiger partial charge is 0.368 e. The summed E-state index contributed by atoms with van der Waals surface area (Å²) in [6.45, 7) is 8.90. The summed E-state index contributed by atoms with van der Waals surface area (Å²) < 4.78 is 0. The van der Waals surface area contributed by atoms with Crippen molar-refractivity contribution < 1.29 is 9.59 Å². The van der Waals surface area contributed by atoms with E-state index < -0.39 is 6.04 Å². The Morgan fingerprint density at radius 2 is 1.69 bits per heavy atom. The van der Waals surface area contributed by atoms with Crippen LogP contribution in [0, 0.1) is 12.8 Å². The zero-order valence-corrected chi connectivity index (χ0v) is 17.5. The van der Waals surface area contributed by atoms with Gasteiger partial charge in [-0.2, -0.15) is 0 Å². The van der Waals surface area contributed by atoms with Gasteiger partial charge in [-0.3, -0.25) is 14.6 Å². The summed E-state index contributed by atoms with van der Waals surface area (Å²) in [5.41, 5.74) is 2.65. The molecule has 1 atom stereocenters. The fourth-order valence-electron chi connectivity index (χ4n) is 3.72. The highest BCUT2D eigenvalue weighted by molar-refractivity contribution is 5.98. The average Bonchev–Trinajstić information content (AvgIpc) is 2.73. The molecule has 1 fully saturated rings. The number of pyridine rings is 1. The number of hydrogen-bond acceptors (Lipinski definition) is 4. The molecule has 1 aromatic carbocycles. The van der Waals surface area contributed by atoms with Crippen LogP contribution < -0.4 is 10.2 Å². The smallest absolute Gasteiger partial charge is 0.252 e. The van der Waals surface area contributed by atoms with E-state index in [-0.39, 0.29) is 11.8 Å². The van der Waals surface area contributed by atoms with E-state index in [1.807, 2.05) is 42.2 Å². The van der Waals surface area contributed by atoms with Gasteiger partial charge < -0.3 is 15.1 Å². The van der Waals surface area contributed by atoms with Crippen LogP contribution in [-0.4, -0.2) is 53.9 Å². The van der Waals surface area contributed by atoms with Crippen LogP contribution in [0.15, 0.2) is 48.8 Å². The molecule has 1 aliphatic heterocycles. The van der Waals surface area contributed by atoms with Gasteiger partial charge in [0.2, 0.25) is 5.91 Å². The van der Waals surface area contributed by atoms with E-state index in [0.29, 0.717) is 31.0 Å². The highest BCUT2D eigenvalue weighted by Gasteiger charge is 2.29. The number of carbonyl (C=O) groups is 2. The number of benzene rings is 1. The lowest BCUT2D eigenvalue weighted by atomic mass is 10.0. The first-order valence-corrected chi connectivity index (χ1v) is 10.3. The van der Waals surface area contributed by atoms with Gasteiger partial charge in [-0.1, -0.05) is 32.0 Å². The van der Waals surface area contributed by atoms with Crippen molar-refractivity contribution in [2.45, 2.75) is 33.2 Å². The number of aromatic nitrogens is 1. The molecule has 154 valence electrons. The molecule has 6 nitrogen and oxygen atoms in total. The van der Waals surface area contributed by atoms with Gasteiger partial charge in [0.05, 0.1) is 0 Å². The van der Waals surface area contributed by atoms with E-state index in [4.69, 9.17) is 0 Å². The first kappa shape index (κ1) is 20.8. The Morgan fingerprint density at radius 1 is 1.03 bits per heavy atom. The lowest BCUT2D eigenvalue weighted by Crippen LogP contribution is -2.55. The average molecular weight is 395 g/mol. The zero-order valence-electron chi connectivity index (χ0n) is 17.5. The van der Waals surface area contributed by atoms with E-state index >= 15 is 0 Å². The molecule has 2 heterocycles. The van der Waals surface area contributed by atoms with Gasteiger partial charge in [0.25, 0.3) is 5.91 Å². The number of amides is 2. The van der Waals surface area contributed by atoms with E-state index in [2.05, 4.69) is 29.0 Å². The molecule has 2 aromatic rings. The third-order valence-corrected chi connectivity index (χ3v) is 5.32. The molecule has 6 heteroatoms. The SMILES string of the molecule is Cc1ccccc1C(=O)N[C@H](CC(C)C)C(=O)N1CCN(c2ccncc2)CC1. The van der Waals surface area contributed by atoms with Crippen molar-refractivity contribution in [3.05, 3.63) is 59.9 Å². The summed E-state index contributed by atoms with van der Waals surface area (Å²) in [4.78, 5) is 34.2. The van der Waals surface area contributed by atoms with Crippen LogP contribution >= 0.6 is 0 Å². The molecule has 1 saturated heterocycles. The molecule has 0 aliphatic carbocycles. The molecule has 29 heavy (non-hydrogen) atoms. The summed E-state index contributed by atoms with van der Waals surface area (Å²) in [7, 11) is 0. The Morgan fingerprint density at radius 3 is 2.31 bits per heavy atom. The van der Waals surface area contributed by atoms with Gasteiger partial charge >= 0.3 is 0 Å². The molecule has 0 spiro atoms. The van der Waals surface area contributed by atoms with Crippen LogP contribution in [0.1, 0.15) is 36.2 Å². The van der Waals surface area contributed by atoms with Gasteiger partial charge in [0.1, 0.15) is 6.04 Å². The fourth-order valence-corrected chi connectivity index (χ4v) is 3.72. The Balaban J connectivity index is 1.65. The predicted octanol–water partition coefficient (Wildman–Crippen LogP) is 2.88. The molecule has 3 rings (SSSR count). The maximum absolute atomic E-state index is 13.2. The first-order chi connectivity index (χ1) is 14.0. The Labute approximate surface area is 172 Å². The molecule has 0 bridgehead atoms. The van der Waals surface area contributed by atoms with Crippen molar-refractivity contribution in [1.29, 1.82) is 0 Å². The second-order valence-electron chi connectivity index (χ2n) is 7.99. The number of nitrogens with zero attached hydrogens (tertiary/aromatic N) is 3. The summed E-state index contributed by atoms with van der Waals surface area (Å²) >= 11 is 0. The van der Waals surface area contributed by atoms with Gasteiger partial charge in [0, 0.05) is 49.8 Å². The number of carbonyl (C=O) groups excluding carboxylic acids is 2. The topological polar surface area (TPSA) is 65.5 Å². The van der Waals surface area contributed by atoms with Crippen molar-refractivity contribution in [1.82, 2.24) is 15.2 Å². The minimum atomic E-state index is -0.505. The van der Waals surface area contributed by atoms with E-state index in [9.17, 15) is 9.59 Å². The maximum atomic E-state index is 13.2. The van der Waals surface area contributed by atoms with Gasteiger partial charge in [-0.15, -0.1) is 0 Å². The third-order valence-electron chi connectivity index (χ3n) is 5.32. The van der Waals surface area contributed by atoms with E-state index in [1.165, 1.54) is 0 Å². The van der Waals surface area contributed by atoms with Crippen molar-refractivity contribution in [2.24, 2.45) is 5.92 Å². The highest BCUT2D eigenvalue weighted by Crippen LogP contribution is 2.17. The van der Waals surface area contributed by atoms with Gasteiger partial charge in [-0.25, -0.2) is 0 Å². The highest BCUT2D eigenvalue weighted by atomic mass is 16.2. The van der Waals surface area contributed by atoms with Crippen LogP contribution in [0.2, 0.25) is 0 Å². The monoisotopic (exact) mass is 394 g/mol. The van der Waals surface area contributed by atoms with E-state index in [1.54, 1.807) is 18.5 Å². The van der Waals surface area contributed by atoms with Crippen molar-refractivity contribution in [2.75, 3.05) is 31.1 Å². The van der Waals surface area contributed by atoms with Crippen molar-refractivity contribution in [3.63, 3.8) is 0 Å². The number of rotatable bonds is 6. The standard InChI is InChI=1S/C23H30N4O2/c1-17(2)16-21(25-22(28)20-7-5-4-6-18(20)3)23(29)27-14-12-26(13-15-27)19-8-10-24-11-9-19/h4-11,17,21H,12-16H2,1-3H3,(H,25,28)/t21-/m1/s1. The number of nitrogens with one attached hydrogen (secondary N) is 1. The van der Waals surface area contributed by atoms with Crippen LogP contribution in [0.25, 0.3) is 0 Å². The quantitative estimate of drug-likeness (QED) is 0.818. The van der Waals surface area contributed by atoms with E-state index in [0.717, 1.165) is 24.3 Å². The van der Waals surface area contributed by atoms with Crippen molar-refractivity contribution in [3.8, 4) is 0 Å². The predicted molar refractivity (Wildman–Crippen MR) is 115 cm³/mol. The number of anilines is 1. The minimum absolute atomic E-state index is 0.00927. The summed E-state index contributed by atoms with van der Waals surface area (Å²) in [5, 5.41) is 2.99. The number of aryl methyl sites for hydroxylation is 1. The summed E-state index contributed by atoms with van der Waals surface area (Å²) in [6.07, 6.45) is 4.19. The van der Waals surface area contributed by atoms with Crippen molar-refractivity contribution >= 4 is 17.5 Å². The molecule has 0 unspecified atom stereocenters. The molecular formula is C23H30N4O2. The van der Waals surface area contributed by atoms with Crippen LogP contribution in [-0.2, 0) is 4.79 Å². The second kappa shape index (κ2) is 9.54. The minimum Gasteiger partial charge on any atom is -0.368 e. The normalized spacial score (nSPS) is 15.3. The summed E-state index contributed by atoms with van der Waals surface area (Å²) in [5.74, 6) is 0.131. The molecule has 0 radical (unpaired) electrons. The van der Waals surface area contributed by atoms with Crippen LogP contribution in [0.5, 0.6) is 0 Å². The van der Waals surface area contributed by atoms with Crippen LogP contribution in [0.3, 0.4) is 0 Å². The lowest BCUT2D eigenvalue weighted by molar-refractivity contribution is -0.134. The molecule has 1 aliphatic rings.